The van der Waals surface area contributed by atoms with Crippen LogP contribution in [0.2, 0.25) is 0 Å². The monoisotopic (exact) mass is 423 g/mol. The normalized spacial score (nSPS) is 17.2. The standard InChI is InChI=1S/C21H33N3O4S/c1-4-7-14-23-16-17(15-20(23)25)21(26)22-18-8-10-19(11-9-18)29(27,28)24(12-5-2)13-6-3/h8-11,17H,4-7,12-16H2,1-3H3,(H,22,26)/t17-/m0/s1. The van der Waals surface area contributed by atoms with E-state index in [4.69, 9.17) is 0 Å². The van der Waals surface area contributed by atoms with E-state index in [2.05, 4.69) is 12.2 Å². The molecule has 1 saturated heterocycles. The minimum Gasteiger partial charge on any atom is -0.342 e. The molecule has 0 spiro atoms. The molecule has 1 aliphatic rings. The fourth-order valence-corrected chi connectivity index (χ4v) is 5.09. The van der Waals surface area contributed by atoms with Crippen molar-refractivity contribution >= 4 is 27.5 Å². The van der Waals surface area contributed by atoms with Crippen LogP contribution in [0.25, 0.3) is 0 Å². The Balaban J connectivity index is 2.01. The van der Waals surface area contributed by atoms with E-state index in [0.717, 1.165) is 25.7 Å². The van der Waals surface area contributed by atoms with Crippen molar-refractivity contribution in [1.82, 2.24) is 9.21 Å². The minimum atomic E-state index is -3.54. The summed E-state index contributed by atoms with van der Waals surface area (Å²) in [5.41, 5.74) is 0.533. The maximum absolute atomic E-state index is 12.8. The highest BCUT2D eigenvalue weighted by atomic mass is 32.2. The van der Waals surface area contributed by atoms with Crippen molar-refractivity contribution in [2.24, 2.45) is 5.92 Å². The van der Waals surface area contributed by atoms with Crippen molar-refractivity contribution in [2.45, 2.75) is 57.8 Å². The van der Waals surface area contributed by atoms with Crippen molar-refractivity contribution in [3.05, 3.63) is 24.3 Å². The zero-order valence-electron chi connectivity index (χ0n) is 17.7. The molecule has 1 N–H and O–H groups in total. The average molecular weight is 424 g/mol. The summed E-state index contributed by atoms with van der Waals surface area (Å²) >= 11 is 0. The Morgan fingerprint density at radius 3 is 2.28 bits per heavy atom. The molecule has 0 radical (unpaired) electrons. The van der Waals surface area contributed by atoms with Crippen LogP contribution < -0.4 is 5.32 Å². The first kappa shape index (κ1) is 23.3. The SMILES string of the molecule is CCCCN1C[C@@H](C(=O)Nc2ccc(S(=O)(=O)N(CCC)CCC)cc2)CC1=O. The summed E-state index contributed by atoms with van der Waals surface area (Å²) < 4.78 is 27.1. The Bertz CT molecular complexity index is 787. The van der Waals surface area contributed by atoms with Crippen LogP contribution in [-0.2, 0) is 19.6 Å². The van der Waals surface area contributed by atoms with E-state index in [1.165, 1.54) is 16.4 Å². The fraction of sp³-hybridized carbons (Fsp3) is 0.619. The summed E-state index contributed by atoms with van der Waals surface area (Å²) in [4.78, 5) is 26.5. The van der Waals surface area contributed by atoms with E-state index in [-0.39, 0.29) is 29.0 Å². The third kappa shape index (κ3) is 6.02. The van der Waals surface area contributed by atoms with Gasteiger partial charge in [-0.25, -0.2) is 8.42 Å². The summed E-state index contributed by atoms with van der Waals surface area (Å²) in [7, 11) is -3.54. The summed E-state index contributed by atoms with van der Waals surface area (Å²) in [5, 5.41) is 2.81. The summed E-state index contributed by atoms with van der Waals surface area (Å²) in [6, 6.07) is 6.26. The second-order valence-electron chi connectivity index (χ2n) is 7.51. The molecule has 1 aliphatic heterocycles. The number of benzene rings is 1. The van der Waals surface area contributed by atoms with Crippen LogP contribution in [0.1, 0.15) is 52.9 Å². The van der Waals surface area contributed by atoms with Gasteiger partial charge in [0, 0.05) is 38.3 Å². The van der Waals surface area contributed by atoms with Crippen LogP contribution in [0.15, 0.2) is 29.2 Å². The van der Waals surface area contributed by atoms with Crippen molar-refractivity contribution in [1.29, 1.82) is 0 Å². The Kier molecular flexibility index (Phi) is 8.64. The molecule has 29 heavy (non-hydrogen) atoms. The Morgan fingerprint density at radius 1 is 1.10 bits per heavy atom. The predicted molar refractivity (Wildman–Crippen MR) is 114 cm³/mol. The lowest BCUT2D eigenvalue weighted by molar-refractivity contribution is -0.128. The van der Waals surface area contributed by atoms with Crippen molar-refractivity contribution in [3.63, 3.8) is 0 Å². The summed E-state index contributed by atoms with van der Waals surface area (Å²) in [6.07, 6.45) is 3.67. The Morgan fingerprint density at radius 2 is 1.72 bits per heavy atom. The van der Waals surface area contributed by atoms with E-state index >= 15 is 0 Å². The van der Waals surface area contributed by atoms with Gasteiger partial charge in [-0.1, -0.05) is 27.2 Å². The summed E-state index contributed by atoms with van der Waals surface area (Å²) in [6.45, 7) is 8.08. The van der Waals surface area contributed by atoms with E-state index < -0.39 is 10.0 Å². The molecule has 0 aliphatic carbocycles. The Hall–Kier alpha value is -1.93. The van der Waals surface area contributed by atoms with Crippen LogP contribution >= 0.6 is 0 Å². The van der Waals surface area contributed by atoms with Gasteiger partial charge in [0.1, 0.15) is 0 Å². The van der Waals surface area contributed by atoms with Crippen LogP contribution in [0.5, 0.6) is 0 Å². The molecule has 8 heteroatoms. The first-order valence-corrected chi connectivity index (χ1v) is 12.0. The van der Waals surface area contributed by atoms with Crippen LogP contribution in [0.3, 0.4) is 0 Å². The van der Waals surface area contributed by atoms with Crippen LogP contribution in [0, 0.1) is 5.92 Å². The number of unbranched alkanes of at least 4 members (excludes halogenated alkanes) is 1. The third-order valence-electron chi connectivity index (χ3n) is 5.07. The molecule has 2 rings (SSSR count). The number of rotatable bonds is 11. The highest BCUT2D eigenvalue weighted by Gasteiger charge is 2.34. The van der Waals surface area contributed by atoms with Crippen molar-refractivity contribution in [3.8, 4) is 0 Å². The lowest BCUT2D eigenvalue weighted by atomic mass is 10.1. The molecule has 1 fully saturated rings. The van der Waals surface area contributed by atoms with Gasteiger partial charge >= 0.3 is 0 Å². The molecule has 1 heterocycles. The largest absolute Gasteiger partial charge is 0.342 e. The molecule has 7 nitrogen and oxygen atoms in total. The van der Waals surface area contributed by atoms with Gasteiger partial charge in [0.2, 0.25) is 21.8 Å². The number of hydrogen-bond acceptors (Lipinski definition) is 4. The molecule has 0 aromatic heterocycles. The van der Waals surface area contributed by atoms with E-state index in [1.54, 1.807) is 17.0 Å². The zero-order chi connectivity index (χ0) is 21.4. The van der Waals surface area contributed by atoms with E-state index in [9.17, 15) is 18.0 Å². The first-order valence-electron chi connectivity index (χ1n) is 10.5. The van der Waals surface area contributed by atoms with Crippen molar-refractivity contribution in [2.75, 3.05) is 31.5 Å². The molecule has 0 saturated carbocycles. The molecule has 1 atom stereocenters. The zero-order valence-corrected chi connectivity index (χ0v) is 18.5. The summed E-state index contributed by atoms with van der Waals surface area (Å²) in [5.74, 6) is -0.550. The number of anilines is 1. The highest BCUT2D eigenvalue weighted by Crippen LogP contribution is 2.22. The fourth-order valence-electron chi connectivity index (χ4n) is 3.47. The van der Waals surface area contributed by atoms with Gasteiger partial charge in [0.05, 0.1) is 10.8 Å². The van der Waals surface area contributed by atoms with Crippen LogP contribution in [-0.4, -0.2) is 55.6 Å². The molecular formula is C21H33N3O4S. The van der Waals surface area contributed by atoms with E-state index in [0.29, 0.717) is 31.9 Å². The van der Waals surface area contributed by atoms with Crippen molar-refractivity contribution < 1.29 is 18.0 Å². The maximum Gasteiger partial charge on any atom is 0.243 e. The van der Waals surface area contributed by atoms with Gasteiger partial charge in [-0.05, 0) is 43.5 Å². The average Bonchev–Trinajstić information content (AvgIpc) is 3.07. The first-order chi connectivity index (χ1) is 13.8. The molecular weight excluding hydrogens is 390 g/mol. The second kappa shape index (κ2) is 10.7. The number of nitrogens with zero attached hydrogens (tertiary/aromatic N) is 2. The second-order valence-corrected chi connectivity index (χ2v) is 9.45. The number of carbonyl (C=O) groups is 2. The lowest BCUT2D eigenvalue weighted by Gasteiger charge is -2.21. The predicted octanol–water partition coefficient (Wildman–Crippen LogP) is 3.08. The van der Waals surface area contributed by atoms with Gasteiger partial charge < -0.3 is 10.2 Å². The number of amides is 2. The van der Waals surface area contributed by atoms with Gasteiger partial charge in [-0.3, -0.25) is 9.59 Å². The molecule has 1 aromatic carbocycles. The quantitative estimate of drug-likeness (QED) is 0.593. The third-order valence-corrected chi connectivity index (χ3v) is 6.99. The number of nitrogens with one attached hydrogen (secondary N) is 1. The Labute approximate surface area is 174 Å². The number of carbonyl (C=O) groups excluding carboxylic acids is 2. The molecule has 162 valence electrons. The molecule has 1 aromatic rings. The number of hydrogen-bond donors (Lipinski definition) is 1. The topological polar surface area (TPSA) is 86.8 Å². The van der Waals surface area contributed by atoms with Gasteiger partial charge in [-0.2, -0.15) is 4.31 Å². The lowest BCUT2D eigenvalue weighted by Crippen LogP contribution is -2.32. The van der Waals surface area contributed by atoms with E-state index in [1.807, 2.05) is 13.8 Å². The number of likely N-dealkylation sites (tertiary alicyclic amines) is 1. The molecule has 0 bridgehead atoms. The smallest absolute Gasteiger partial charge is 0.243 e. The number of sulfonamides is 1. The van der Waals surface area contributed by atoms with Gasteiger partial charge in [0.15, 0.2) is 0 Å². The molecule has 2 amide bonds. The molecule has 0 unspecified atom stereocenters. The van der Waals surface area contributed by atoms with Gasteiger partial charge in [-0.15, -0.1) is 0 Å². The van der Waals surface area contributed by atoms with Gasteiger partial charge in [0.25, 0.3) is 0 Å². The minimum absolute atomic E-state index is 0.0204. The maximum atomic E-state index is 12.8. The van der Waals surface area contributed by atoms with Crippen LogP contribution in [0.4, 0.5) is 5.69 Å². The highest BCUT2D eigenvalue weighted by molar-refractivity contribution is 7.89.